The number of anilines is 1. The third-order valence-electron chi connectivity index (χ3n) is 1.81. The van der Waals surface area contributed by atoms with Crippen molar-refractivity contribution in [2.24, 2.45) is 0 Å². The molecule has 0 aromatic heterocycles. The lowest BCUT2D eigenvalue weighted by molar-refractivity contribution is 0.0693. The van der Waals surface area contributed by atoms with Crippen molar-refractivity contribution in [3.8, 4) is 0 Å². The Bertz CT molecular complexity index is 421. The van der Waals surface area contributed by atoms with Crippen LogP contribution in [-0.2, 0) is 0 Å². The highest BCUT2D eigenvalue weighted by Gasteiger charge is 2.16. The molecule has 2 amide bonds. The molecule has 6 heteroatoms. The van der Waals surface area contributed by atoms with Gasteiger partial charge in [0.05, 0.1) is 5.69 Å². The summed E-state index contributed by atoms with van der Waals surface area (Å²) >= 11 is 0. The molecule has 0 bridgehead atoms. The zero-order valence-electron chi connectivity index (χ0n) is 8.58. The fourth-order valence-corrected chi connectivity index (χ4v) is 1.17. The molecule has 5 nitrogen and oxygen atoms in total. The standard InChI is InChI=1S/C10H11FN2O3/c1-2-12-10(16)13-7-5-3-4-6(11)8(7)9(14)15/h3-5H,2H2,1H3,(H,14,15)(H2,12,13,16). The summed E-state index contributed by atoms with van der Waals surface area (Å²) < 4.78 is 13.2. The van der Waals surface area contributed by atoms with E-state index in [0.29, 0.717) is 6.54 Å². The van der Waals surface area contributed by atoms with Gasteiger partial charge in [0.1, 0.15) is 11.4 Å². The van der Waals surface area contributed by atoms with Gasteiger partial charge in [0.15, 0.2) is 0 Å². The number of benzene rings is 1. The molecule has 1 rings (SSSR count). The molecule has 0 saturated carbocycles. The smallest absolute Gasteiger partial charge is 0.340 e. The Morgan fingerprint density at radius 3 is 2.69 bits per heavy atom. The minimum Gasteiger partial charge on any atom is -0.478 e. The lowest BCUT2D eigenvalue weighted by Crippen LogP contribution is -2.29. The van der Waals surface area contributed by atoms with Gasteiger partial charge in [0.2, 0.25) is 0 Å². The van der Waals surface area contributed by atoms with Crippen molar-refractivity contribution in [1.29, 1.82) is 0 Å². The number of nitrogens with one attached hydrogen (secondary N) is 2. The highest BCUT2D eigenvalue weighted by molar-refractivity contribution is 6.00. The maximum absolute atomic E-state index is 13.2. The summed E-state index contributed by atoms with van der Waals surface area (Å²) in [5, 5.41) is 13.5. The van der Waals surface area contributed by atoms with Crippen LogP contribution >= 0.6 is 0 Å². The molecule has 3 N–H and O–H groups in total. The van der Waals surface area contributed by atoms with E-state index in [2.05, 4.69) is 10.6 Å². The second-order valence-corrected chi connectivity index (χ2v) is 2.95. The van der Waals surface area contributed by atoms with Crippen molar-refractivity contribution in [2.75, 3.05) is 11.9 Å². The Labute approximate surface area is 91.3 Å². The van der Waals surface area contributed by atoms with Gasteiger partial charge in [-0.15, -0.1) is 0 Å². The first-order chi connectivity index (χ1) is 7.56. The second kappa shape index (κ2) is 5.11. The summed E-state index contributed by atoms with van der Waals surface area (Å²) in [5.41, 5.74) is -0.618. The lowest BCUT2D eigenvalue weighted by Gasteiger charge is -2.09. The first kappa shape index (κ1) is 12.0. The number of carboxylic acids is 1. The van der Waals surface area contributed by atoms with Crippen molar-refractivity contribution in [3.63, 3.8) is 0 Å². The molecule has 86 valence electrons. The van der Waals surface area contributed by atoms with E-state index in [1.54, 1.807) is 6.92 Å². The van der Waals surface area contributed by atoms with Crippen LogP contribution in [0.4, 0.5) is 14.9 Å². The van der Waals surface area contributed by atoms with Gasteiger partial charge in [0, 0.05) is 6.54 Å². The molecular formula is C10H11FN2O3. The Morgan fingerprint density at radius 1 is 1.44 bits per heavy atom. The number of hydrogen-bond acceptors (Lipinski definition) is 2. The van der Waals surface area contributed by atoms with Gasteiger partial charge < -0.3 is 15.7 Å². The quantitative estimate of drug-likeness (QED) is 0.733. The van der Waals surface area contributed by atoms with E-state index in [-0.39, 0.29) is 5.69 Å². The van der Waals surface area contributed by atoms with E-state index >= 15 is 0 Å². The molecule has 0 atom stereocenters. The summed E-state index contributed by atoms with van der Waals surface area (Å²) in [6.07, 6.45) is 0. The van der Waals surface area contributed by atoms with Crippen LogP contribution in [0.1, 0.15) is 17.3 Å². The van der Waals surface area contributed by atoms with Crippen LogP contribution in [0, 0.1) is 5.82 Å². The Balaban J connectivity index is 3.00. The molecule has 0 aliphatic carbocycles. The first-order valence-corrected chi connectivity index (χ1v) is 4.63. The lowest BCUT2D eigenvalue weighted by atomic mass is 10.1. The summed E-state index contributed by atoms with van der Waals surface area (Å²) in [4.78, 5) is 21.9. The third-order valence-corrected chi connectivity index (χ3v) is 1.81. The molecule has 0 unspecified atom stereocenters. The largest absolute Gasteiger partial charge is 0.478 e. The molecular weight excluding hydrogens is 215 g/mol. The van der Waals surface area contributed by atoms with Crippen molar-refractivity contribution in [1.82, 2.24) is 5.32 Å². The molecule has 0 heterocycles. The number of aromatic carboxylic acids is 1. The summed E-state index contributed by atoms with van der Waals surface area (Å²) in [6.45, 7) is 2.10. The Hall–Kier alpha value is -2.11. The van der Waals surface area contributed by atoms with Gasteiger partial charge in [-0.1, -0.05) is 6.07 Å². The van der Waals surface area contributed by atoms with E-state index in [9.17, 15) is 14.0 Å². The molecule has 0 spiro atoms. The van der Waals surface area contributed by atoms with Gasteiger partial charge in [-0.2, -0.15) is 0 Å². The second-order valence-electron chi connectivity index (χ2n) is 2.95. The van der Waals surface area contributed by atoms with Crippen LogP contribution in [0.5, 0.6) is 0 Å². The average Bonchev–Trinajstić information content (AvgIpc) is 2.17. The van der Waals surface area contributed by atoms with Crippen molar-refractivity contribution >= 4 is 17.7 Å². The van der Waals surface area contributed by atoms with E-state index in [1.807, 2.05) is 0 Å². The maximum Gasteiger partial charge on any atom is 0.340 e. The third kappa shape index (κ3) is 2.69. The van der Waals surface area contributed by atoms with Crippen LogP contribution in [0.2, 0.25) is 0 Å². The van der Waals surface area contributed by atoms with Crippen LogP contribution in [-0.4, -0.2) is 23.7 Å². The van der Waals surface area contributed by atoms with E-state index < -0.39 is 23.4 Å². The summed E-state index contributed by atoms with van der Waals surface area (Å²) in [5.74, 6) is -2.31. The highest BCUT2D eigenvalue weighted by atomic mass is 19.1. The van der Waals surface area contributed by atoms with Crippen molar-refractivity contribution in [3.05, 3.63) is 29.6 Å². The summed E-state index contributed by atoms with van der Waals surface area (Å²) in [6, 6.07) is 3.09. The number of urea groups is 1. The van der Waals surface area contributed by atoms with Crippen molar-refractivity contribution < 1.29 is 19.1 Å². The van der Waals surface area contributed by atoms with Crippen LogP contribution in [0.15, 0.2) is 18.2 Å². The minimum absolute atomic E-state index is 0.0709. The predicted octanol–water partition coefficient (Wildman–Crippen LogP) is 1.67. The fraction of sp³-hybridized carbons (Fsp3) is 0.200. The molecule has 0 radical (unpaired) electrons. The van der Waals surface area contributed by atoms with Crippen LogP contribution in [0.3, 0.4) is 0 Å². The molecule has 0 aliphatic heterocycles. The first-order valence-electron chi connectivity index (χ1n) is 4.63. The number of carbonyl (C=O) groups excluding carboxylic acids is 1. The molecule has 0 fully saturated rings. The van der Waals surface area contributed by atoms with E-state index in [0.717, 1.165) is 6.07 Å². The molecule has 1 aromatic carbocycles. The molecule has 0 saturated heterocycles. The van der Waals surface area contributed by atoms with E-state index in [1.165, 1.54) is 12.1 Å². The van der Waals surface area contributed by atoms with Gasteiger partial charge in [-0.3, -0.25) is 0 Å². The number of hydrogen-bond donors (Lipinski definition) is 3. The Kier molecular flexibility index (Phi) is 3.82. The molecule has 0 aliphatic rings. The minimum atomic E-state index is -1.43. The molecule has 16 heavy (non-hydrogen) atoms. The predicted molar refractivity (Wildman–Crippen MR) is 56.1 cm³/mol. The fourth-order valence-electron chi connectivity index (χ4n) is 1.17. The number of carboxylic acid groups (broad SMARTS) is 1. The maximum atomic E-state index is 13.2. The van der Waals surface area contributed by atoms with Crippen LogP contribution in [0.25, 0.3) is 0 Å². The summed E-state index contributed by atoms with van der Waals surface area (Å²) in [7, 11) is 0. The Morgan fingerprint density at radius 2 is 2.12 bits per heavy atom. The van der Waals surface area contributed by atoms with Gasteiger partial charge in [-0.05, 0) is 19.1 Å². The SMILES string of the molecule is CCNC(=O)Nc1cccc(F)c1C(=O)O. The zero-order valence-corrected chi connectivity index (χ0v) is 8.58. The van der Waals surface area contributed by atoms with Crippen LogP contribution < -0.4 is 10.6 Å². The average molecular weight is 226 g/mol. The zero-order chi connectivity index (χ0) is 12.1. The van der Waals surface area contributed by atoms with Gasteiger partial charge in [-0.25, -0.2) is 14.0 Å². The highest BCUT2D eigenvalue weighted by Crippen LogP contribution is 2.18. The number of rotatable bonds is 3. The van der Waals surface area contributed by atoms with Crippen molar-refractivity contribution in [2.45, 2.75) is 6.92 Å². The number of carbonyl (C=O) groups is 2. The number of amides is 2. The topological polar surface area (TPSA) is 78.4 Å². The van der Waals surface area contributed by atoms with E-state index in [4.69, 9.17) is 5.11 Å². The van der Waals surface area contributed by atoms with Gasteiger partial charge in [0.25, 0.3) is 0 Å². The number of halogens is 1. The normalized spacial score (nSPS) is 9.62. The van der Waals surface area contributed by atoms with Gasteiger partial charge >= 0.3 is 12.0 Å². The molecule has 1 aromatic rings. The monoisotopic (exact) mass is 226 g/mol.